The molecule has 1 aliphatic heterocycles. The van der Waals surface area contributed by atoms with Crippen LogP contribution in [0.2, 0.25) is 0 Å². The molecule has 1 fully saturated rings. The smallest absolute Gasteiger partial charge is 0.109 e. The van der Waals surface area contributed by atoms with Crippen molar-refractivity contribution in [3.05, 3.63) is 46.3 Å². The summed E-state index contributed by atoms with van der Waals surface area (Å²) in [7, 11) is 0. The van der Waals surface area contributed by atoms with Gasteiger partial charge in [0.2, 0.25) is 0 Å². The molecule has 4 heteroatoms. The molecule has 0 bridgehead atoms. The van der Waals surface area contributed by atoms with Gasteiger partial charge in [-0.05, 0) is 23.9 Å². The lowest BCUT2D eigenvalue weighted by Gasteiger charge is -1.94. The van der Waals surface area contributed by atoms with Crippen LogP contribution in [0.1, 0.15) is 24.5 Å². The average Bonchev–Trinajstić information content (AvgIpc) is 3.05. The fourth-order valence-corrected chi connectivity index (χ4v) is 1.71. The molecule has 0 N–H and O–H groups in total. The maximum atomic E-state index is 8.10. The molecule has 78 valence electrons. The summed E-state index contributed by atoms with van der Waals surface area (Å²) in [6.07, 6.45) is 2.45. The lowest BCUT2D eigenvalue weighted by molar-refractivity contribution is 0.363. The Hall–Kier alpha value is -1.51. The first-order valence-corrected chi connectivity index (χ1v) is 5.13. The highest BCUT2D eigenvalue weighted by Crippen LogP contribution is 2.41. The van der Waals surface area contributed by atoms with Crippen molar-refractivity contribution in [2.45, 2.75) is 25.0 Å². The van der Waals surface area contributed by atoms with Gasteiger partial charge in [0, 0.05) is 11.5 Å². The van der Waals surface area contributed by atoms with Crippen molar-refractivity contribution in [3.8, 4) is 0 Å². The second-order valence-corrected chi connectivity index (χ2v) is 3.60. The molecule has 0 radical (unpaired) electrons. The van der Waals surface area contributed by atoms with Crippen LogP contribution >= 0.6 is 0 Å². The number of epoxide rings is 1. The highest BCUT2D eigenvalue weighted by Gasteiger charge is 2.38. The van der Waals surface area contributed by atoms with E-state index in [2.05, 4.69) is 22.2 Å². The maximum Gasteiger partial charge on any atom is 0.109 e. The number of hydrogen-bond acceptors (Lipinski definition) is 2. The maximum absolute atomic E-state index is 8.10. The van der Waals surface area contributed by atoms with Gasteiger partial charge in [-0.15, -0.1) is 0 Å². The molecule has 0 spiro atoms. The van der Waals surface area contributed by atoms with E-state index in [4.69, 9.17) is 10.3 Å². The summed E-state index contributed by atoms with van der Waals surface area (Å²) in [6.45, 7) is 0.567. The van der Waals surface area contributed by atoms with E-state index in [0.29, 0.717) is 12.6 Å². The molecule has 1 saturated heterocycles. The summed E-state index contributed by atoms with van der Waals surface area (Å²) in [4.78, 5) is 2.71. The molecular weight excluding hydrogens is 190 g/mol. The quantitative estimate of drug-likeness (QED) is 0.238. The molecule has 0 aromatic heterocycles. The van der Waals surface area contributed by atoms with Crippen molar-refractivity contribution in [2.24, 2.45) is 5.11 Å². The molecule has 0 amide bonds. The van der Waals surface area contributed by atoms with Gasteiger partial charge in [0.05, 0.1) is 6.10 Å². The summed E-state index contributed by atoms with van der Waals surface area (Å²) in [5, 5.41) is 3.49. The average molecular weight is 203 g/mol. The van der Waals surface area contributed by atoms with Gasteiger partial charge in [-0.3, -0.25) is 0 Å². The van der Waals surface area contributed by atoms with Crippen LogP contribution in [-0.2, 0) is 4.74 Å². The van der Waals surface area contributed by atoms with Gasteiger partial charge in [0.1, 0.15) is 6.10 Å². The molecule has 15 heavy (non-hydrogen) atoms. The topological polar surface area (TPSA) is 61.3 Å². The fraction of sp³-hybridized carbons (Fsp3) is 0.455. The Kier molecular flexibility index (Phi) is 3.22. The van der Waals surface area contributed by atoms with E-state index in [1.165, 1.54) is 5.56 Å². The summed E-state index contributed by atoms with van der Waals surface area (Å²) >= 11 is 0. The first-order valence-electron chi connectivity index (χ1n) is 5.13. The number of benzene rings is 1. The normalized spacial score (nSPS) is 23.2. The Morgan fingerprint density at radius 1 is 1.33 bits per heavy atom. The van der Waals surface area contributed by atoms with E-state index in [1.807, 2.05) is 18.2 Å². The predicted molar refractivity (Wildman–Crippen MR) is 57.3 cm³/mol. The highest BCUT2D eigenvalue weighted by molar-refractivity contribution is 5.22. The minimum atomic E-state index is 0.261. The van der Waals surface area contributed by atoms with Crippen molar-refractivity contribution in [2.75, 3.05) is 6.54 Å². The van der Waals surface area contributed by atoms with Crippen molar-refractivity contribution in [1.29, 1.82) is 0 Å². The lowest BCUT2D eigenvalue weighted by Crippen LogP contribution is -1.90. The Labute approximate surface area is 88.5 Å². The summed E-state index contributed by atoms with van der Waals surface area (Å²) < 4.78 is 5.55. The Morgan fingerprint density at radius 2 is 2.13 bits per heavy atom. The fourth-order valence-electron chi connectivity index (χ4n) is 1.71. The molecular formula is C11H13N3O. The van der Waals surface area contributed by atoms with Gasteiger partial charge in [-0.1, -0.05) is 35.4 Å². The zero-order valence-electron chi connectivity index (χ0n) is 8.41. The summed E-state index contributed by atoms with van der Waals surface area (Å²) in [6, 6.07) is 10.2. The van der Waals surface area contributed by atoms with Crippen LogP contribution in [0.5, 0.6) is 0 Å². The van der Waals surface area contributed by atoms with Crippen LogP contribution in [0.3, 0.4) is 0 Å². The molecule has 1 aromatic carbocycles. The minimum Gasteiger partial charge on any atom is -0.365 e. The highest BCUT2D eigenvalue weighted by atomic mass is 16.6. The molecule has 0 unspecified atom stereocenters. The van der Waals surface area contributed by atoms with Crippen LogP contribution in [0.4, 0.5) is 0 Å². The third-order valence-electron chi connectivity index (χ3n) is 2.52. The van der Waals surface area contributed by atoms with Crippen molar-refractivity contribution >= 4 is 0 Å². The molecule has 2 rings (SSSR count). The van der Waals surface area contributed by atoms with Gasteiger partial charge >= 0.3 is 0 Å². The number of ether oxygens (including phenoxy) is 1. The predicted octanol–water partition coefficient (Wildman–Crippen LogP) is 3.22. The van der Waals surface area contributed by atoms with E-state index in [-0.39, 0.29) is 6.10 Å². The van der Waals surface area contributed by atoms with Crippen LogP contribution < -0.4 is 0 Å². The van der Waals surface area contributed by atoms with Crippen LogP contribution in [0.15, 0.2) is 35.4 Å². The second kappa shape index (κ2) is 4.82. The molecule has 2 atom stereocenters. The Balaban J connectivity index is 1.74. The largest absolute Gasteiger partial charge is 0.365 e. The van der Waals surface area contributed by atoms with Gasteiger partial charge in [-0.2, -0.15) is 0 Å². The van der Waals surface area contributed by atoms with Crippen LogP contribution in [0.25, 0.3) is 10.4 Å². The standard InChI is InChI=1S/C11H13N3O/c12-14-13-8-4-7-10-11(15-10)9-5-2-1-3-6-9/h1-3,5-6,10-11H,4,7-8H2/t10-,11+/m1/s1. The first kappa shape index (κ1) is 10.0. The van der Waals surface area contributed by atoms with Crippen molar-refractivity contribution < 1.29 is 4.74 Å². The SMILES string of the molecule is [N-]=[N+]=NCCC[C@H]1O[C@H]1c1ccccc1. The zero-order valence-corrected chi connectivity index (χ0v) is 8.41. The molecule has 0 aliphatic carbocycles. The molecule has 4 nitrogen and oxygen atoms in total. The summed E-state index contributed by atoms with van der Waals surface area (Å²) in [5.74, 6) is 0. The second-order valence-electron chi connectivity index (χ2n) is 3.60. The molecule has 0 saturated carbocycles. The number of rotatable bonds is 5. The van der Waals surface area contributed by atoms with Crippen LogP contribution in [-0.4, -0.2) is 12.6 Å². The number of nitrogens with zero attached hydrogens (tertiary/aromatic N) is 3. The Morgan fingerprint density at radius 3 is 2.87 bits per heavy atom. The van der Waals surface area contributed by atoms with Crippen molar-refractivity contribution in [3.63, 3.8) is 0 Å². The Bertz CT molecular complexity index is 359. The first-order chi connectivity index (χ1) is 7.42. The van der Waals surface area contributed by atoms with E-state index >= 15 is 0 Å². The third-order valence-corrected chi connectivity index (χ3v) is 2.52. The zero-order chi connectivity index (χ0) is 10.5. The molecule has 1 aliphatic rings. The van der Waals surface area contributed by atoms with Gasteiger partial charge in [-0.25, -0.2) is 0 Å². The van der Waals surface area contributed by atoms with E-state index in [0.717, 1.165) is 12.8 Å². The summed E-state index contributed by atoms with van der Waals surface area (Å²) in [5.41, 5.74) is 9.35. The minimum absolute atomic E-state index is 0.261. The van der Waals surface area contributed by atoms with Gasteiger partial charge in [0.15, 0.2) is 0 Å². The molecule has 1 aromatic rings. The third kappa shape index (κ3) is 2.72. The van der Waals surface area contributed by atoms with Gasteiger partial charge in [0.25, 0.3) is 0 Å². The van der Waals surface area contributed by atoms with E-state index in [1.54, 1.807) is 0 Å². The monoisotopic (exact) mass is 203 g/mol. The molecule has 1 heterocycles. The number of hydrogen-bond donors (Lipinski definition) is 0. The van der Waals surface area contributed by atoms with E-state index in [9.17, 15) is 0 Å². The van der Waals surface area contributed by atoms with E-state index < -0.39 is 0 Å². The van der Waals surface area contributed by atoms with Crippen molar-refractivity contribution in [1.82, 2.24) is 0 Å². The number of azide groups is 1. The lowest BCUT2D eigenvalue weighted by atomic mass is 10.1. The van der Waals surface area contributed by atoms with Crippen LogP contribution in [0, 0.1) is 0 Å². The van der Waals surface area contributed by atoms with Gasteiger partial charge < -0.3 is 4.74 Å².